The van der Waals surface area contributed by atoms with Gasteiger partial charge in [-0.25, -0.2) is 4.68 Å². The van der Waals surface area contributed by atoms with Crippen LogP contribution >= 0.6 is 0 Å². The van der Waals surface area contributed by atoms with Gasteiger partial charge in [0.15, 0.2) is 5.82 Å². The summed E-state index contributed by atoms with van der Waals surface area (Å²) in [4.78, 5) is 18.7. The Bertz CT molecular complexity index is 1320. The van der Waals surface area contributed by atoms with Gasteiger partial charge in [-0.2, -0.15) is 0 Å². The number of pyridine rings is 1. The zero-order valence-electron chi connectivity index (χ0n) is 20.0. The molecule has 1 aliphatic rings. The summed E-state index contributed by atoms with van der Waals surface area (Å²) in [5, 5.41) is 13.7. The Balaban J connectivity index is 1.44. The molecule has 2 aromatic carbocycles. The molecule has 1 fully saturated rings. The second-order valence-electron chi connectivity index (χ2n) is 9.53. The monoisotopic (exact) mass is 456 g/mol. The van der Waals surface area contributed by atoms with Gasteiger partial charge in [0.2, 0.25) is 0 Å². The van der Waals surface area contributed by atoms with Gasteiger partial charge in [0.25, 0.3) is 5.56 Å². The third-order valence-electron chi connectivity index (χ3n) is 7.22. The molecule has 0 amide bonds. The number of H-pyrrole nitrogens is 1. The lowest BCUT2D eigenvalue weighted by Gasteiger charge is -2.33. The van der Waals surface area contributed by atoms with Crippen molar-refractivity contribution in [2.45, 2.75) is 71.6 Å². The molecule has 7 nitrogen and oxygen atoms in total. The minimum Gasteiger partial charge on any atom is -0.321 e. The number of aromatic amines is 1. The number of tetrazole rings is 1. The van der Waals surface area contributed by atoms with Crippen LogP contribution in [-0.2, 0) is 19.6 Å². The lowest BCUT2D eigenvalue weighted by atomic mass is 9.93. The fraction of sp³-hybridized carbons (Fsp3) is 0.407. The van der Waals surface area contributed by atoms with Crippen LogP contribution in [0, 0.1) is 13.8 Å². The molecule has 0 bridgehead atoms. The molecule has 5 rings (SSSR count). The molecule has 1 aliphatic carbocycles. The maximum atomic E-state index is 13.1. The lowest BCUT2D eigenvalue weighted by Crippen LogP contribution is -2.38. The maximum Gasteiger partial charge on any atom is 0.252 e. The minimum absolute atomic E-state index is 0.00844. The number of fused-ring (bicyclic) bond motifs is 1. The van der Waals surface area contributed by atoms with Gasteiger partial charge in [-0.1, -0.05) is 61.7 Å². The van der Waals surface area contributed by atoms with E-state index in [0.29, 0.717) is 25.7 Å². The molecule has 0 spiro atoms. The molecule has 34 heavy (non-hydrogen) atoms. The van der Waals surface area contributed by atoms with Crippen molar-refractivity contribution in [2.75, 3.05) is 0 Å². The highest BCUT2D eigenvalue weighted by molar-refractivity contribution is 5.83. The Morgan fingerprint density at radius 1 is 1.03 bits per heavy atom. The van der Waals surface area contributed by atoms with Crippen LogP contribution in [-0.4, -0.2) is 36.1 Å². The molecule has 1 saturated carbocycles. The van der Waals surface area contributed by atoms with Crippen molar-refractivity contribution in [3.05, 3.63) is 87.0 Å². The van der Waals surface area contributed by atoms with Crippen LogP contribution < -0.4 is 5.56 Å². The molecule has 2 aromatic heterocycles. The van der Waals surface area contributed by atoms with Crippen LogP contribution in [0.25, 0.3) is 10.9 Å². The molecule has 4 aromatic rings. The van der Waals surface area contributed by atoms with E-state index in [2.05, 4.69) is 69.6 Å². The number of hydrogen-bond donors (Lipinski definition) is 1. The first-order chi connectivity index (χ1) is 16.6. The zero-order chi connectivity index (χ0) is 23.5. The number of nitrogens with one attached hydrogen (secondary N) is 1. The van der Waals surface area contributed by atoms with Gasteiger partial charge in [0.1, 0.15) is 0 Å². The summed E-state index contributed by atoms with van der Waals surface area (Å²) in [5.74, 6) is 0.832. The van der Waals surface area contributed by atoms with Gasteiger partial charge in [0.05, 0.1) is 18.6 Å². The van der Waals surface area contributed by atoms with E-state index in [0.717, 1.165) is 46.3 Å². The van der Waals surface area contributed by atoms with Gasteiger partial charge in [-0.15, -0.1) is 5.10 Å². The van der Waals surface area contributed by atoms with Crippen molar-refractivity contribution in [3.8, 4) is 0 Å². The molecule has 0 radical (unpaired) electrons. The number of nitrogens with zero attached hydrogens (tertiary/aromatic N) is 5. The lowest BCUT2D eigenvalue weighted by molar-refractivity contribution is 0.134. The highest BCUT2D eigenvalue weighted by Gasteiger charge is 2.24. The van der Waals surface area contributed by atoms with Crippen LogP contribution in [0.4, 0.5) is 0 Å². The van der Waals surface area contributed by atoms with E-state index in [9.17, 15) is 4.79 Å². The number of aromatic nitrogens is 5. The summed E-state index contributed by atoms with van der Waals surface area (Å²) in [6.45, 7) is 5.98. The van der Waals surface area contributed by atoms with E-state index >= 15 is 0 Å². The zero-order valence-corrected chi connectivity index (χ0v) is 20.0. The average Bonchev–Trinajstić information content (AvgIpc) is 3.29. The van der Waals surface area contributed by atoms with Gasteiger partial charge in [-0.05, 0) is 65.3 Å². The van der Waals surface area contributed by atoms with Crippen molar-refractivity contribution in [1.29, 1.82) is 0 Å². The Morgan fingerprint density at radius 3 is 2.62 bits per heavy atom. The van der Waals surface area contributed by atoms with Crippen LogP contribution in [0.2, 0.25) is 0 Å². The normalized spacial score (nSPS) is 14.8. The fourth-order valence-electron chi connectivity index (χ4n) is 5.06. The van der Waals surface area contributed by atoms with Crippen molar-refractivity contribution >= 4 is 10.9 Å². The van der Waals surface area contributed by atoms with E-state index in [-0.39, 0.29) is 5.56 Å². The van der Waals surface area contributed by atoms with Crippen molar-refractivity contribution in [3.63, 3.8) is 0 Å². The molecule has 2 heterocycles. The molecular weight excluding hydrogens is 424 g/mol. The third kappa shape index (κ3) is 4.80. The summed E-state index contributed by atoms with van der Waals surface area (Å²) in [6.07, 6.45) is 6.02. The predicted molar refractivity (Wildman–Crippen MR) is 134 cm³/mol. The minimum atomic E-state index is -0.00844. The van der Waals surface area contributed by atoms with Gasteiger partial charge >= 0.3 is 0 Å². The average molecular weight is 457 g/mol. The SMILES string of the molecule is Cc1ccc2cc(CN(Cc3nnnn3Cc3ccccc3)C3CCCCC3)c(=O)[nH]c2c1C. The largest absolute Gasteiger partial charge is 0.321 e. The van der Waals surface area contributed by atoms with E-state index in [1.807, 2.05) is 22.9 Å². The molecule has 176 valence electrons. The Kier molecular flexibility index (Phi) is 6.54. The third-order valence-corrected chi connectivity index (χ3v) is 7.22. The second-order valence-corrected chi connectivity index (χ2v) is 9.53. The molecule has 0 saturated heterocycles. The van der Waals surface area contributed by atoms with E-state index in [1.165, 1.54) is 24.8 Å². The Morgan fingerprint density at radius 2 is 1.82 bits per heavy atom. The van der Waals surface area contributed by atoms with Crippen molar-refractivity contribution < 1.29 is 0 Å². The Hall–Kier alpha value is -3.32. The maximum absolute atomic E-state index is 13.1. The van der Waals surface area contributed by atoms with Gasteiger partial charge in [-0.3, -0.25) is 9.69 Å². The summed E-state index contributed by atoms with van der Waals surface area (Å²) >= 11 is 0. The Labute approximate surface area is 199 Å². The van der Waals surface area contributed by atoms with E-state index in [4.69, 9.17) is 0 Å². The van der Waals surface area contributed by atoms with E-state index < -0.39 is 0 Å². The molecule has 7 heteroatoms. The summed E-state index contributed by atoms with van der Waals surface area (Å²) in [5.41, 5.74) is 5.20. The van der Waals surface area contributed by atoms with Crippen molar-refractivity contribution in [1.82, 2.24) is 30.1 Å². The van der Waals surface area contributed by atoms with Crippen LogP contribution in [0.15, 0.2) is 53.3 Å². The van der Waals surface area contributed by atoms with Gasteiger partial charge < -0.3 is 4.98 Å². The first kappa shape index (κ1) is 22.5. The molecule has 0 unspecified atom stereocenters. The molecular formula is C27H32N6O. The summed E-state index contributed by atoms with van der Waals surface area (Å²) in [6, 6.07) is 16.9. The first-order valence-corrected chi connectivity index (χ1v) is 12.2. The molecule has 0 aliphatic heterocycles. The number of aryl methyl sites for hydroxylation is 2. The van der Waals surface area contributed by atoms with Gasteiger partial charge in [0, 0.05) is 18.2 Å². The van der Waals surface area contributed by atoms with Crippen LogP contribution in [0.1, 0.15) is 60.2 Å². The van der Waals surface area contributed by atoms with Crippen LogP contribution in [0.3, 0.4) is 0 Å². The van der Waals surface area contributed by atoms with Crippen molar-refractivity contribution in [2.24, 2.45) is 0 Å². The second kappa shape index (κ2) is 9.89. The number of benzene rings is 2. The highest BCUT2D eigenvalue weighted by atomic mass is 16.1. The highest BCUT2D eigenvalue weighted by Crippen LogP contribution is 2.26. The standard InChI is InChI=1S/C27H32N6O/c1-19-13-14-22-15-23(27(34)28-26(22)20(19)2)17-32(24-11-7-4-8-12-24)18-25-29-30-31-33(25)16-21-9-5-3-6-10-21/h3,5-6,9-10,13-15,24H,4,7-8,11-12,16-18H2,1-2H3,(H,28,34). The smallest absolute Gasteiger partial charge is 0.252 e. The fourth-order valence-corrected chi connectivity index (χ4v) is 5.06. The van der Waals surface area contributed by atoms with E-state index in [1.54, 1.807) is 0 Å². The molecule has 1 N–H and O–H groups in total. The first-order valence-electron chi connectivity index (χ1n) is 12.2. The quantitative estimate of drug-likeness (QED) is 0.442. The molecule has 0 atom stereocenters. The summed E-state index contributed by atoms with van der Waals surface area (Å²) < 4.78 is 1.88. The summed E-state index contributed by atoms with van der Waals surface area (Å²) in [7, 11) is 0. The topological polar surface area (TPSA) is 79.7 Å². The number of rotatable bonds is 7. The van der Waals surface area contributed by atoms with Crippen LogP contribution in [0.5, 0.6) is 0 Å². The number of hydrogen-bond acceptors (Lipinski definition) is 5. The predicted octanol–water partition coefficient (Wildman–Crippen LogP) is 4.51.